The Kier molecular flexibility index (Phi) is 8.44. The molecule has 1 N–H and O–H groups in total. The number of hydrogen-bond donors (Lipinski definition) is 1. The van der Waals surface area contributed by atoms with Gasteiger partial charge in [0.25, 0.3) is 0 Å². The van der Waals surface area contributed by atoms with Crippen molar-refractivity contribution >= 4 is 11.8 Å². The summed E-state index contributed by atoms with van der Waals surface area (Å²) in [4.78, 5) is 27.6. The lowest BCUT2D eigenvalue weighted by Gasteiger charge is -2.29. The highest BCUT2D eigenvalue weighted by molar-refractivity contribution is 5.88. The third kappa shape index (κ3) is 7.04. The summed E-state index contributed by atoms with van der Waals surface area (Å²) in [6.45, 7) is 11.1. The van der Waals surface area contributed by atoms with Gasteiger partial charge < -0.3 is 10.2 Å². The van der Waals surface area contributed by atoms with E-state index >= 15 is 0 Å². The normalized spacial score (nSPS) is 11.8. The summed E-state index contributed by atoms with van der Waals surface area (Å²) in [5.74, 6) is -0.130. The molecule has 0 heterocycles. The molecule has 0 saturated carbocycles. The van der Waals surface area contributed by atoms with Crippen LogP contribution in [0.2, 0.25) is 0 Å². The molecule has 0 fully saturated rings. The van der Waals surface area contributed by atoms with Gasteiger partial charge in [-0.05, 0) is 45.2 Å². The van der Waals surface area contributed by atoms with Gasteiger partial charge in [0.15, 0.2) is 0 Å². The minimum atomic E-state index is -0.522. The Bertz CT molecular complexity index is 824. The molecular weight excluding hydrogens is 360 g/mol. The third-order valence-electron chi connectivity index (χ3n) is 5.07. The van der Waals surface area contributed by atoms with Crippen molar-refractivity contribution in [3.63, 3.8) is 0 Å². The number of carbonyl (C=O) groups excluding carboxylic acids is 2. The van der Waals surface area contributed by atoms with Gasteiger partial charge in [0.05, 0.1) is 6.42 Å². The molecule has 0 bridgehead atoms. The standard InChI is InChI=1S/C25H34N2O2/c1-6-7-11-26-25(29)21(5)27(17-22-10-8-9-18(2)13-22)24(28)16-23-14-19(3)12-20(4)15-23/h8-10,12-15,21H,6-7,11,16-17H2,1-5H3,(H,26,29)/t21-/m1/s1. The van der Waals surface area contributed by atoms with Crippen LogP contribution in [0.25, 0.3) is 0 Å². The van der Waals surface area contributed by atoms with Gasteiger partial charge in [-0.1, -0.05) is 72.5 Å². The Balaban J connectivity index is 2.22. The van der Waals surface area contributed by atoms with Gasteiger partial charge >= 0.3 is 0 Å². The van der Waals surface area contributed by atoms with Crippen LogP contribution >= 0.6 is 0 Å². The summed E-state index contributed by atoms with van der Waals surface area (Å²) in [6, 6.07) is 13.8. The second-order valence-electron chi connectivity index (χ2n) is 8.00. The molecule has 2 rings (SSSR count). The summed E-state index contributed by atoms with van der Waals surface area (Å²) >= 11 is 0. The second kappa shape index (κ2) is 10.8. The van der Waals surface area contributed by atoms with Crippen LogP contribution in [0.15, 0.2) is 42.5 Å². The van der Waals surface area contributed by atoms with Gasteiger partial charge in [-0.25, -0.2) is 0 Å². The number of carbonyl (C=O) groups is 2. The van der Waals surface area contributed by atoms with Crippen molar-refractivity contribution in [1.29, 1.82) is 0 Å². The largest absolute Gasteiger partial charge is 0.354 e. The van der Waals surface area contributed by atoms with E-state index in [1.165, 1.54) is 0 Å². The highest BCUT2D eigenvalue weighted by Crippen LogP contribution is 2.15. The molecule has 156 valence electrons. The zero-order valence-electron chi connectivity index (χ0n) is 18.4. The van der Waals surface area contributed by atoms with Crippen LogP contribution in [-0.2, 0) is 22.6 Å². The topological polar surface area (TPSA) is 49.4 Å². The van der Waals surface area contributed by atoms with Crippen molar-refractivity contribution in [2.24, 2.45) is 0 Å². The Morgan fingerprint density at radius 3 is 2.24 bits per heavy atom. The minimum Gasteiger partial charge on any atom is -0.354 e. The fourth-order valence-electron chi connectivity index (χ4n) is 3.57. The molecule has 2 amide bonds. The molecule has 0 unspecified atom stereocenters. The van der Waals surface area contributed by atoms with Gasteiger partial charge in [-0.2, -0.15) is 0 Å². The molecule has 0 spiro atoms. The van der Waals surface area contributed by atoms with Crippen molar-refractivity contribution in [2.75, 3.05) is 6.54 Å². The maximum absolute atomic E-state index is 13.2. The van der Waals surface area contributed by atoms with Gasteiger partial charge in [0, 0.05) is 13.1 Å². The molecule has 4 heteroatoms. The minimum absolute atomic E-state index is 0.0327. The van der Waals surface area contributed by atoms with Crippen LogP contribution in [0, 0.1) is 20.8 Å². The summed E-state index contributed by atoms with van der Waals surface area (Å²) in [5.41, 5.74) is 5.45. The zero-order valence-corrected chi connectivity index (χ0v) is 18.4. The van der Waals surface area contributed by atoms with E-state index in [1.807, 2.05) is 58.0 Å². The second-order valence-corrected chi connectivity index (χ2v) is 8.00. The number of nitrogens with zero attached hydrogens (tertiary/aromatic N) is 1. The van der Waals surface area contributed by atoms with Gasteiger partial charge in [0.1, 0.15) is 6.04 Å². The van der Waals surface area contributed by atoms with E-state index in [0.29, 0.717) is 19.5 Å². The average Bonchev–Trinajstić information content (AvgIpc) is 2.64. The highest BCUT2D eigenvalue weighted by atomic mass is 16.2. The van der Waals surface area contributed by atoms with E-state index in [-0.39, 0.29) is 11.8 Å². The molecular formula is C25H34N2O2. The summed E-state index contributed by atoms with van der Waals surface area (Å²) < 4.78 is 0. The first kappa shape index (κ1) is 22.7. The molecule has 0 aliphatic rings. The van der Waals surface area contributed by atoms with E-state index in [1.54, 1.807) is 4.90 Å². The van der Waals surface area contributed by atoms with Crippen LogP contribution in [0.1, 0.15) is 54.5 Å². The maximum Gasteiger partial charge on any atom is 0.242 e. The summed E-state index contributed by atoms with van der Waals surface area (Å²) in [5, 5.41) is 2.97. The van der Waals surface area contributed by atoms with Gasteiger partial charge in [0.2, 0.25) is 11.8 Å². The molecule has 1 atom stereocenters. The quantitative estimate of drug-likeness (QED) is 0.637. The predicted octanol–water partition coefficient (Wildman–Crippen LogP) is 4.49. The Morgan fingerprint density at radius 1 is 0.966 bits per heavy atom. The fraction of sp³-hybridized carbons (Fsp3) is 0.440. The molecule has 0 radical (unpaired) electrons. The van der Waals surface area contributed by atoms with E-state index < -0.39 is 6.04 Å². The monoisotopic (exact) mass is 394 g/mol. The van der Waals surface area contributed by atoms with Crippen molar-refractivity contribution < 1.29 is 9.59 Å². The van der Waals surface area contributed by atoms with E-state index in [4.69, 9.17) is 0 Å². The molecule has 0 aliphatic carbocycles. The van der Waals surface area contributed by atoms with Crippen molar-refractivity contribution in [1.82, 2.24) is 10.2 Å². The molecule has 29 heavy (non-hydrogen) atoms. The fourth-order valence-corrected chi connectivity index (χ4v) is 3.57. The molecule has 2 aromatic carbocycles. The lowest BCUT2D eigenvalue weighted by molar-refractivity contribution is -0.140. The summed E-state index contributed by atoms with van der Waals surface area (Å²) in [7, 11) is 0. The van der Waals surface area contributed by atoms with Crippen LogP contribution < -0.4 is 5.32 Å². The third-order valence-corrected chi connectivity index (χ3v) is 5.07. The van der Waals surface area contributed by atoms with E-state index in [0.717, 1.165) is 40.7 Å². The number of hydrogen-bond acceptors (Lipinski definition) is 2. The van der Waals surface area contributed by atoms with Crippen LogP contribution in [0.5, 0.6) is 0 Å². The van der Waals surface area contributed by atoms with Gasteiger partial charge in [-0.15, -0.1) is 0 Å². The molecule has 0 saturated heterocycles. The Hall–Kier alpha value is -2.62. The van der Waals surface area contributed by atoms with Crippen LogP contribution in [0.3, 0.4) is 0 Å². The first-order chi connectivity index (χ1) is 13.8. The Morgan fingerprint density at radius 2 is 1.62 bits per heavy atom. The lowest BCUT2D eigenvalue weighted by atomic mass is 10.0. The number of nitrogens with one attached hydrogen (secondary N) is 1. The first-order valence-corrected chi connectivity index (χ1v) is 10.5. The number of unbranched alkanes of at least 4 members (excludes halogenated alkanes) is 1. The number of amides is 2. The molecule has 0 aromatic heterocycles. The number of aryl methyl sites for hydroxylation is 3. The number of rotatable bonds is 9. The van der Waals surface area contributed by atoms with Crippen LogP contribution in [0.4, 0.5) is 0 Å². The predicted molar refractivity (Wildman–Crippen MR) is 119 cm³/mol. The van der Waals surface area contributed by atoms with Crippen LogP contribution in [-0.4, -0.2) is 29.3 Å². The van der Waals surface area contributed by atoms with Gasteiger partial charge in [-0.3, -0.25) is 9.59 Å². The Labute approximate surface area is 175 Å². The average molecular weight is 395 g/mol. The smallest absolute Gasteiger partial charge is 0.242 e. The highest BCUT2D eigenvalue weighted by Gasteiger charge is 2.26. The van der Waals surface area contributed by atoms with E-state index in [9.17, 15) is 9.59 Å². The van der Waals surface area contributed by atoms with Crippen molar-refractivity contribution in [3.8, 4) is 0 Å². The summed E-state index contributed by atoms with van der Waals surface area (Å²) in [6.07, 6.45) is 2.25. The zero-order chi connectivity index (χ0) is 21.4. The maximum atomic E-state index is 13.2. The molecule has 2 aromatic rings. The first-order valence-electron chi connectivity index (χ1n) is 10.5. The van der Waals surface area contributed by atoms with E-state index in [2.05, 4.69) is 24.4 Å². The SMILES string of the molecule is CCCCNC(=O)[C@@H](C)N(Cc1cccc(C)c1)C(=O)Cc1cc(C)cc(C)c1. The lowest BCUT2D eigenvalue weighted by Crippen LogP contribution is -2.48. The number of benzene rings is 2. The molecule has 0 aliphatic heterocycles. The molecule has 4 nitrogen and oxygen atoms in total. The van der Waals surface area contributed by atoms with Crippen molar-refractivity contribution in [3.05, 3.63) is 70.3 Å². The van der Waals surface area contributed by atoms with Crippen molar-refractivity contribution in [2.45, 2.75) is 66.5 Å².